The second-order valence-electron chi connectivity index (χ2n) is 3.75. The molecule has 0 saturated carbocycles. The molecule has 2 atom stereocenters. The third-order valence-corrected chi connectivity index (χ3v) is 3.66. The molecule has 90 valence electrons. The number of rotatable bonds is 4. The number of carboxylic acid groups (broad SMARTS) is 1. The Bertz CT molecular complexity index is 425. The Morgan fingerprint density at radius 1 is 1.56 bits per heavy atom. The van der Waals surface area contributed by atoms with Crippen LogP contribution in [-0.4, -0.2) is 37.2 Å². The monoisotopic (exact) mass is 247 g/mol. The maximum atomic E-state index is 11.3. The fourth-order valence-corrected chi connectivity index (χ4v) is 2.77. The second kappa shape index (κ2) is 4.65. The molecule has 7 heteroatoms. The number of hydrogen-bond donors (Lipinski definition) is 2. The minimum atomic E-state index is -3.16. The molecule has 0 aromatic carbocycles. The smallest absolute Gasteiger partial charge is 0.325 e. The third-order valence-electron chi connectivity index (χ3n) is 2.20. The molecule has 1 aliphatic rings. The average molecular weight is 247 g/mol. The van der Waals surface area contributed by atoms with Crippen molar-refractivity contribution in [3.63, 3.8) is 0 Å². The van der Waals surface area contributed by atoms with Gasteiger partial charge in [0.05, 0.1) is 5.75 Å². The standard InChI is InChI=1S/C9H13NO5S/c1-6(9(12)13)10-8(11)4-7-2-3-16(14,15)5-7/h2-3,6-7H,4-5H2,1H3,(H,10,11)(H,12,13). The summed E-state index contributed by atoms with van der Waals surface area (Å²) in [5.41, 5.74) is 0. The molecule has 1 rings (SSSR count). The van der Waals surface area contributed by atoms with E-state index in [4.69, 9.17) is 5.11 Å². The number of sulfone groups is 1. The lowest BCUT2D eigenvalue weighted by Crippen LogP contribution is -2.39. The van der Waals surface area contributed by atoms with Gasteiger partial charge < -0.3 is 10.4 Å². The number of nitrogens with one attached hydrogen (secondary N) is 1. The highest BCUT2D eigenvalue weighted by molar-refractivity contribution is 7.94. The van der Waals surface area contributed by atoms with Gasteiger partial charge in [0, 0.05) is 17.7 Å². The molecule has 0 saturated heterocycles. The van der Waals surface area contributed by atoms with Crippen molar-refractivity contribution in [1.29, 1.82) is 0 Å². The van der Waals surface area contributed by atoms with Crippen LogP contribution in [0.25, 0.3) is 0 Å². The Labute approximate surface area is 93.3 Å². The van der Waals surface area contributed by atoms with E-state index in [-0.39, 0.29) is 18.1 Å². The lowest BCUT2D eigenvalue weighted by Gasteiger charge is -2.11. The summed E-state index contributed by atoms with van der Waals surface area (Å²) in [6, 6.07) is -0.963. The highest BCUT2D eigenvalue weighted by Crippen LogP contribution is 2.17. The van der Waals surface area contributed by atoms with Crippen molar-refractivity contribution < 1.29 is 23.1 Å². The van der Waals surface area contributed by atoms with E-state index in [9.17, 15) is 18.0 Å². The number of carbonyl (C=O) groups is 2. The summed E-state index contributed by atoms with van der Waals surface area (Å²) in [4.78, 5) is 21.8. The topological polar surface area (TPSA) is 101 Å². The van der Waals surface area contributed by atoms with Crippen molar-refractivity contribution in [1.82, 2.24) is 5.32 Å². The minimum absolute atomic E-state index is 0.00660. The maximum absolute atomic E-state index is 11.3. The summed E-state index contributed by atoms with van der Waals surface area (Å²) in [6.07, 6.45) is 1.45. The summed E-state index contributed by atoms with van der Waals surface area (Å²) in [6.45, 7) is 1.35. The Balaban J connectivity index is 2.43. The quantitative estimate of drug-likeness (QED) is 0.699. The van der Waals surface area contributed by atoms with E-state index in [1.807, 2.05) is 0 Å². The summed E-state index contributed by atoms with van der Waals surface area (Å²) >= 11 is 0. The zero-order valence-corrected chi connectivity index (χ0v) is 9.53. The van der Waals surface area contributed by atoms with Crippen molar-refractivity contribution in [3.05, 3.63) is 11.5 Å². The molecule has 0 bridgehead atoms. The first-order valence-electron chi connectivity index (χ1n) is 4.73. The molecule has 1 heterocycles. The van der Waals surface area contributed by atoms with Crippen molar-refractivity contribution in [3.8, 4) is 0 Å². The molecule has 0 aliphatic carbocycles. The van der Waals surface area contributed by atoms with Crippen LogP contribution in [0.3, 0.4) is 0 Å². The summed E-state index contributed by atoms with van der Waals surface area (Å²) in [5.74, 6) is -2.02. The van der Waals surface area contributed by atoms with Crippen molar-refractivity contribution in [2.75, 3.05) is 5.75 Å². The summed E-state index contributed by atoms with van der Waals surface area (Å²) in [7, 11) is -3.16. The van der Waals surface area contributed by atoms with Crippen molar-refractivity contribution in [2.24, 2.45) is 5.92 Å². The van der Waals surface area contributed by atoms with Gasteiger partial charge in [-0.05, 0) is 6.92 Å². The van der Waals surface area contributed by atoms with E-state index in [1.165, 1.54) is 13.0 Å². The van der Waals surface area contributed by atoms with Crippen LogP contribution in [0, 0.1) is 5.92 Å². The Kier molecular flexibility index (Phi) is 3.69. The van der Waals surface area contributed by atoms with E-state index in [1.54, 1.807) is 0 Å². The van der Waals surface area contributed by atoms with Crippen LogP contribution in [0.1, 0.15) is 13.3 Å². The molecule has 0 spiro atoms. The van der Waals surface area contributed by atoms with Gasteiger partial charge in [-0.15, -0.1) is 0 Å². The zero-order chi connectivity index (χ0) is 12.3. The molecule has 0 aromatic heterocycles. The number of amides is 1. The van der Waals surface area contributed by atoms with Gasteiger partial charge in [-0.1, -0.05) is 6.08 Å². The Morgan fingerprint density at radius 2 is 2.19 bits per heavy atom. The number of hydrogen-bond acceptors (Lipinski definition) is 4. The fourth-order valence-electron chi connectivity index (χ4n) is 1.37. The SMILES string of the molecule is CC(NC(=O)CC1C=CS(=O)(=O)C1)C(=O)O. The molecule has 0 radical (unpaired) electrons. The largest absolute Gasteiger partial charge is 0.480 e. The van der Waals surface area contributed by atoms with Crippen LogP contribution >= 0.6 is 0 Å². The fraction of sp³-hybridized carbons (Fsp3) is 0.556. The molecular formula is C9H13NO5S. The van der Waals surface area contributed by atoms with Gasteiger partial charge in [-0.3, -0.25) is 9.59 Å². The molecule has 1 amide bonds. The van der Waals surface area contributed by atoms with Crippen LogP contribution in [0.4, 0.5) is 0 Å². The minimum Gasteiger partial charge on any atom is -0.480 e. The molecular weight excluding hydrogens is 234 g/mol. The predicted molar refractivity (Wildman–Crippen MR) is 56.3 cm³/mol. The van der Waals surface area contributed by atoms with E-state index in [0.717, 1.165) is 5.41 Å². The summed E-state index contributed by atoms with van der Waals surface area (Å²) < 4.78 is 22.1. The van der Waals surface area contributed by atoms with Crippen LogP contribution in [0.2, 0.25) is 0 Å². The van der Waals surface area contributed by atoms with Gasteiger partial charge in [-0.25, -0.2) is 8.42 Å². The highest BCUT2D eigenvalue weighted by Gasteiger charge is 2.24. The third kappa shape index (κ3) is 3.65. The van der Waals surface area contributed by atoms with E-state index in [0.29, 0.717) is 0 Å². The molecule has 2 N–H and O–H groups in total. The predicted octanol–water partition coefficient (Wildman–Crippen LogP) is -0.476. The Hall–Kier alpha value is -1.37. The van der Waals surface area contributed by atoms with Gasteiger partial charge >= 0.3 is 5.97 Å². The second-order valence-corrected chi connectivity index (χ2v) is 5.68. The lowest BCUT2D eigenvalue weighted by molar-refractivity contribution is -0.141. The number of aliphatic carboxylic acids is 1. The highest BCUT2D eigenvalue weighted by atomic mass is 32.2. The first kappa shape index (κ1) is 12.7. The van der Waals surface area contributed by atoms with Crippen LogP contribution in [0.15, 0.2) is 11.5 Å². The molecule has 2 unspecified atom stereocenters. The van der Waals surface area contributed by atoms with Crippen molar-refractivity contribution in [2.45, 2.75) is 19.4 Å². The van der Waals surface area contributed by atoms with E-state index < -0.39 is 27.8 Å². The molecule has 0 fully saturated rings. The Morgan fingerprint density at radius 3 is 2.62 bits per heavy atom. The van der Waals surface area contributed by atoms with E-state index >= 15 is 0 Å². The zero-order valence-electron chi connectivity index (χ0n) is 8.71. The first-order valence-corrected chi connectivity index (χ1v) is 6.45. The van der Waals surface area contributed by atoms with Crippen LogP contribution in [0.5, 0.6) is 0 Å². The normalized spacial score (nSPS) is 23.9. The van der Waals surface area contributed by atoms with Crippen LogP contribution in [-0.2, 0) is 19.4 Å². The van der Waals surface area contributed by atoms with Crippen LogP contribution < -0.4 is 5.32 Å². The molecule has 1 aliphatic heterocycles. The van der Waals surface area contributed by atoms with Gasteiger partial charge in [0.25, 0.3) is 0 Å². The molecule has 6 nitrogen and oxygen atoms in total. The lowest BCUT2D eigenvalue weighted by atomic mass is 10.1. The number of carbonyl (C=O) groups excluding carboxylic acids is 1. The maximum Gasteiger partial charge on any atom is 0.325 e. The van der Waals surface area contributed by atoms with Crippen molar-refractivity contribution >= 4 is 21.7 Å². The van der Waals surface area contributed by atoms with Gasteiger partial charge in [0.15, 0.2) is 9.84 Å². The summed E-state index contributed by atoms with van der Waals surface area (Å²) in [5, 5.41) is 11.9. The number of allylic oxidation sites excluding steroid dienone is 1. The first-order chi connectivity index (χ1) is 7.30. The van der Waals surface area contributed by atoms with Gasteiger partial charge in [-0.2, -0.15) is 0 Å². The van der Waals surface area contributed by atoms with Gasteiger partial charge in [0.2, 0.25) is 5.91 Å². The van der Waals surface area contributed by atoms with E-state index in [2.05, 4.69) is 5.32 Å². The van der Waals surface area contributed by atoms with Gasteiger partial charge in [0.1, 0.15) is 6.04 Å². The molecule has 16 heavy (non-hydrogen) atoms. The molecule has 0 aromatic rings. The number of carboxylic acids is 1. The average Bonchev–Trinajstić information content (AvgIpc) is 2.44.